The quantitative estimate of drug-likeness (QED) is 0.739. The monoisotopic (exact) mass is 359 g/mol. The van der Waals surface area contributed by atoms with Crippen LogP contribution in [0, 0.1) is 23.5 Å². The van der Waals surface area contributed by atoms with Gasteiger partial charge in [0.25, 0.3) is 0 Å². The zero-order valence-corrected chi connectivity index (χ0v) is 14.6. The average molecular weight is 360 g/mol. The third kappa shape index (κ3) is 4.49. The van der Waals surface area contributed by atoms with Crippen molar-refractivity contribution in [2.75, 3.05) is 6.54 Å². The van der Waals surface area contributed by atoms with Crippen molar-refractivity contribution in [2.24, 2.45) is 11.8 Å². The first-order chi connectivity index (χ1) is 9.78. The van der Waals surface area contributed by atoms with Crippen LogP contribution in [0.2, 0.25) is 0 Å². The molecule has 2 rings (SSSR count). The summed E-state index contributed by atoms with van der Waals surface area (Å²) < 4.78 is 28.4. The Kier molecular flexibility index (Phi) is 5.42. The highest BCUT2D eigenvalue weighted by Crippen LogP contribution is 2.36. The molecule has 1 N–H and O–H groups in total. The Morgan fingerprint density at radius 1 is 1.19 bits per heavy atom. The van der Waals surface area contributed by atoms with Crippen LogP contribution in [-0.4, -0.2) is 12.1 Å². The maximum Gasteiger partial charge on any atom is 0.143 e. The second-order valence-corrected chi connectivity index (χ2v) is 7.96. The molecule has 1 fully saturated rings. The fourth-order valence-electron chi connectivity index (χ4n) is 3.11. The van der Waals surface area contributed by atoms with Crippen LogP contribution in [0.15, 0.2) is 16.6 Å². The van der Waals surface area contributed by atoms with Gasteiger partial charge in [0.1, 0.15) is 11.6 Å². The Hall–Kier alpha value is -0.480. The lowest BCUT2D eigenvalue weighted by Gasteiger charge is -2.26. The van der Waals surface area contributed by atoms with Gasteiger partial charge >= 0.3 is 0 Å². The molecule has 0 heterocycles. The Morgan fingerprint density at radius 2 is 1.86 bits per heavy atom. The number of nitrogens with one attached hydrogen (secondary N) is 1. The molecule has 0 saturated heterocycles. The van der Waals surface area contributed by atoms with Gasteiger partial charge in [-0.25, -0.2) is 8.78 Å². The fraction of sp³-hybridized carbons (Fsp3) is 0.647. The second-order valence-electron chi connectivity index (χ2n) is 7.11. The molecule has 118 valence electrons. The minimum absolute atomic E-state index is 0.0828. The molecular weight excluding hydrogens is 336 g/mol. The van der Waals surface area contributed by atoms with E-state index in [0.29, 0.717) is 22.7 Å². The summed E-state index contributed by atoms with van der Waals surface area (Å²) in [6.45, 7) is 7.35. The van der Waals surface area contributed by atoms with E-state index in [1.807, 2.05) is 0 Å². The van der Waals surface area contributed by atoms with Gasteiger partial charge in [0.2, 0.25) is 0 Å². The van der Waals surface area contributed by atoms with Gasteiger partial charge in [0.15, 0.2) is 0 Å². The van der Waals surface area contributed by atoms with Crippen molar-refractivity contribution in [3.63, 3.8) is 0 Å². The Bertz CT molecular complexity index is 496. The van der Waals surface area contributed by atoms with E-state index in [1.54, 1.807) is 0 Å². The molecule has 0 aromatic heterocycles. The molecule has 21 heavy (non-hydrogen) atoms. The lowest BCUT2D eigenvalue weighted by atomic mass is 9.88. The Morgan fingerprint density at radius 3 is 2.52 bits per heavy atom. The first-order valence-electron chi connectivity index (χ1n) is 7.65. The molecule has 1 nitrogen and oxygen atoms in total. The first-order valence-corrected chi connectivity index (χ1v) is 8.44. The van der Waals surface area contributed by atoms with Crippen LogP contribution in [0.3, 0.4) is 0 Å². The normalized spacial score (nSPS) is 22.8. The molecule has 0 spiro atoms. The predicted octanol–water partition coefficient (Wildman–Crippen LogP) is 5.07. The molecular formula is C17H24BrF2N. The Balaban J connectivity index is 2.06. The number of benzene rings is 1. The number of hydrogen-bond acceptors (Lipinski definition) is 1. The average Bonchev–Trinajstić information content (AvgIpc) is 2.83. The van der Waals surface area contributed by atoms with Gasteiger partial charge < -0.3 is 5.32 Å². The van der Waals surface area contributed by atoms with Gasteiger partial charge in [-0.15, -0.1) is 0 Å². The molecule has 0 bridgehead atoms. The number of hydrogen-bond donors (Lipinski definition) is 1. The molecule has 1 aromatic rings. The maximum absolute atomic E-state index is 14.1. The van der Waals surface area contributed by atoms with Gasteiger partial charge in [-0.1, -0.05) is 6.42 Å². The highest BCUT2D eigenvalue weighted by atomic mass is 79.9. The molecule has 1 aliphatic carbocycles. The van der Waals surface area contributed by atoms with Crippen molar-refractivity contribution in [3.8, 4) is 0 Å². The lowest BCUT2D eigenvalue weighted by Crippen LogP contribution is -2.40. The summed E-state index contributed by atoms with van der Waals surface area (Å²) in [7, 11) is 0. The molecule has 1 saturated carbocycles. The van der Waals surface area contributed by atoms with Crippen LogP contribution in [0.1, 0.15) is 45.6 Å². The van der Waals surface area contributed by atoms with E-state index in [2.05, 4.69) is 42.0 Å². The second kappa shape index (κ2) is 6.74. The van der Waals surface area contributed by atoms with Crippen LogP contribution in [0.25, 0.3) is 0 Å². The number of rotatable bonds is 4. The van der Waals surface area contributed by atoms with Crippen molar-refractivity contribution >= 4 is 15.9 Å². The highest BCUT2D eigenvalue weighted by molar-refractivity contribution is 9.10. The van der Waals surface area contributed by atoms with Crippen molar-refractivity contribution in [2.45, 2.75) is 52.0 Å². The van der Waals surface area contributed by atoms with Crippen molar-refractivity contribution in [3.05, 3.63) is 33.8 Å². The summed E-state index contributed by atoms with van der Waals surface area (Å²) in [6, 6.07) is 2.78. The topological polar surface area (TPSA) is 12.0 Å². The van der Waals surface area contributed by atoms with Gasteiger partial charge in [-0.3, -0.25) is 0 Å². The minimum Gasteiger partial charge on any atom is -0.312 e. The van der Waals surface area contributed by atoms with Crippen LogP contribution in [0.4, 0.5) is 8.78 Å². The summed E-state index contributed by atoms with van der Waals surface area (Å²) in [5.74, 6) is -0.00489. The fourth-order valence-corrected chi connectivity index (χ4v) is 3.48. The summed E-state index contributed by atoms with van der Waals surface area (Å²) in [5.41, 5.74) is 0.316. The van der Waals surface area contributed by atoms with Gasteiger partial charge in [0.05, 0.1) is 4.47 Å². The molecule has 2 atom stereocenters. The third-order valence-electron chi connectivity index (χ3n) is 4.32. The van der Waals surface area contributed by atoms with E-state index in [1.165, 1.54) is 12.1 Å². The zero-order chi connectivity index (χ0) is 15.6. The van der Waals surface area contributed by atoms with Crippen molar-refractivity contribution in [1.82, 2.24) is 5.32 Å². The van der Waals surface area contributed by atoms with Gasteiger partial charge in [0, 0.05) is 11.1 Å². The van der Waals surface area contributed by atoms with Crippen molar-refractivity contribution < 1.29 is 8.78 Å². The molecule has 0 aliphatic heterocycles. The summed E-state index contributed by atoms with van der Waals surface area (Å²) in [4.78, 5) is 0. The molecule has 4 heteroatoms. The van der Waals surface area contributed by atoms with E-state index in [-0.39, 0.29) is 11.1 Å². The van der Waals surface area contributed by atoms with E-state index in [4.69, 9.17) is 0 Å². The van der Waals surface area contributed by atoms with Crippen LogP contribution >= 0.6 is 15.9 Å². The molecule has 0 amide bonds. The Labute approximate surface area is 134 Å². The summed E-state index contributed by atoms with van der Waals surface area (Å²) in [5, 5.41) is 3.52. The van der Waals surface area contributed by atoms with E-state index >= 15 is 0 Å². The van der Waals surface area contributed by atoms with Crippen molar-refractivity contribution in [1.29, 1.82) is 0 Å². The number of halogens is 3. The molecule has 1 aromatic carbocycles. The molecule has 2 unspecified atom stereocenters. The smallest absolute Gasteiger partial charge is 0.143 e. The largest absolute Gasteiger partial charge is 0.312 e. The summed E-state index contributed by atoms with van der Waals surface area (Å²) in [6.07, 6.45) is 3.85. The standard InChI is InChI=1S/C17H24BrF2N/c1-17(2,3)21-10-12-6-4-5-11(12)9-13-15(19)8-7-14(18)16(13)20/h7-8,11-12,21H,4-6,9-10H2,1-3H3. The van der Waals surface area contributed by atoms with Crippen LogP contribution in [-0.2, 0) is 6.42 Å². The van der Waals surface area contributed by atoms with Gasteiger partial charge in [-0.2, -0.15) is 0 Å². The molecule has 0 radical (unpaired) electrons. The highest BCUT2D eigenvalue weighted by Gasteiger charge is 2.30. The van der Waals surface area contributed by atoms with Crippen LogP contribution < -0.4 is 5.32 Å². The minimum atomic E-state index is -0.440. The third-order valence-corrected chi connectivity index (χ3v) is 4.93. The molecule has 1 aliphatic rings. The SMILES string of the molecule is CC(C)(C)NCC1CCCC1Cc1c(F)ccc(Br)c1F. The first kappa shape index (κ1) is 16.9. The van der Waals surface area contributed by atoms with Crippen LogP contribution in [0.5, 0.6) is 0 Å². The van der Waals surface area contributed by atoms with E-state index in [9.17, 15) is 8.78 Å². The maximum atomic E-state index is 14.1. The van der Waals surface area contributed by atoms with E-state index < -0.39 is 11.6 Å². The zero-order valence-electron chi connectivity index (χ0n) is 13.0. The lowest BCUT2D eigenvalue weighted by molar-refractivity contribution is 0.313. The predicted molar refractivity (Wildman–Crippen MR) is 86.3 cm³/mol. The van der Waals surface area contributed by atoms with Gasteiger partial charge in [-0.05, 0) is 86.5 Å². The van der Waals surface area contributed by atoms with E-state index in [0.717, 1.165) is 25.8 Å². The summed E-state index contributed by atoms with van der Waals surface area (Å²) >= 11 is 3.15.